The monoisotopic (exact) mass is 271 g/mol. The molecule has 0 aromatic heterocycles. The van der Waals surface area contributed by atoms with Crippen LogP contribution in [0.5, 0.6) is 5.75 Å². The van der Waals surface area contributed by atoms with Crippen molar-refractivity contribution in [3.8, 4) is 5.75 Å². The number of fused-ring (bicyclic) bond motifs is 1. The summed E-state index contributed by atoms with van der Waals surface area (Å²) in [5.41, 5.74) is 4.48. The molecule has 0 unspecified atom stereocenters. The number of phenolic OH excluding ortho intramolecular Hbond substituents is 1. The molecule has 0 aliphatic carbocycles. The van der Waals surface area contributed by atoms with Crippen molar-refractivity contribution in [2.24, 2.45) is 0 Å². The summed E-state index contributed by atoms with van der Waals surface area (Å²) in [6, 6.07) is 12.7. The van der Waals surface area contributed by atoms with Crippen LogP contribution in [-0.2, 0) is 6.54 Å². The number of nitrogens with zero attached hydrogens (tertiary/aromatic N) is 1. The molecule has 98 valence electrons. The van der Waals surface area contributed by atoms with Crippen molar-refractivity contribution in [1.82, 2.24) is 0 Å². The van der Waals surface area contributed by atoms with Crippen molar-refractivity contribution in [3.05, 3.63) is 53.1 Å². The Morgan fingerprint density at radius 3 is 2.58 bits per heavy atom. The quantitative estimate of drug-likeness (QED) is 0.890. The molecule has 19 heavy (non-hydrogen) atoms. The van der Waals surface area contributed by atoms with E-state index in [1.54, 1.807) is 0 Å². The van der Waals surface area contributed by atoms with Crippen molar-refractivity contribution in [1.29, 1.82) is 0 Å². The number of hydrogen-bond acceptors (Lipinski definition) is 3. The molecule has 0 saturated carbocycles. The van der Waals surface area contributed by atoms with Gasteiger partial charge in [-0.25, -0.2) is 0 Å². The minimum absolute atomic E-state index is 0.417. The van der Waals surface area contributed by atoms with E-state index in [1.165, 1.54) is 16.1 Å². The number of aryl methyl sites for hydroxylation is 2. The molecule has 1 N–H and O–H groups in total. The summed E-state index contributed by atoms with van der Waals surface area (Å²) in [7, 11) is 0. The zero-order chi connectivity index (χ0) is 13.4. The van der Waals surface area contributed by atoms with Crippen LogP contribution in [0.2, 0.25) is 0 Å². The Bertz CT molecular complexity index is 601. The van der Waals surface area contributed by atoms with Crippen molar-refractivity contribution in [2.45, 2.75) is 25.3 Å². The van der Waals surface area contributed by atoms with Gasteiger partial charge in [0, 0.05) is 11.4 Å². The van der Waals surface area contributed by atoms with E-state index in [0.717, 1.165) is 23.5 Å². The first-order valence-electron chi connectivity index (χ1n) is 6.41. The Morgan fingerprint density at radius 1 is 1.16 bits per heavy atom. The summed E-state index contributed by atoms with van der Waals surface area (Å²) in [4.78, 5) is 3.74. The number of aromatic hydroxyl groups is 1. The van der Waals surface area contributed by atoms with Gasteiger partial charge < -0.3 is 10.0 Å². The van der Waals surface area contributed by atoms with Crippen LogP contribution in [-0.4, -0.2) is 11.0 Å². The third-order valence-corrected chi connectivity index (χ3v) is 4.60. The highest BCUT2D eigenvalue weighted by Gasteiger charge is 2.19. The first-order chi connectivity index (χ1) is 9.15. The van der Waals surface area contributed by atoms with Gasteiger partial charge in [0.05, 0.1) is 11.6 Å². The lowest BCUT2D eigenvalue weighted by atomic mass is 10.1. The second-order valence-electron chi connectivity index (χ2n) is 5.02. The van der Waals surface area contributed by atoms with Gasteiger partial charge in [-0.1, -0.05) is 24.3 Å². The second kappa shape index (κ2) is 4.82. The van der Waals surface area contributed by atoms with E-state index in [4.69, 9.17) is 0 Å². The lowest BCUT2D eigenvalue weighted by Crippen LogP contribution is -2.18. The van der Waals surface area contributed by atoms with Crippen LogP contribution in [0.3, 0.4) is 0 Å². The van der Waals surface area contributed by atoms with Crippen molar-refractivity contribution in [3.63, 3.8) is 0 Å². The van der Waals surface area contributed by atoms with Crippen LogP contribution in [0.1, 0.15) is 16.7 Å². The highest BCUT2D eigenvalue weighted by atomic mass is 32.2. The van der Waals surface area contributed by atoms with Crippen LogP contribution in [0.15, 0.2) is 41.3 Å². The molecular formula is C16H17NOS. The van der Waals surface area contributed by atoms with Gasteiger partial charge in [-0.15, -0.1) is 11.8 Å². The molecule has 1 heterocycles. The predicted octanol–water partition coefficient (Wildman–Crippen LogP) is 4.08. The maximum absolute atomic E-state index is 9.83. The van der Waals surface area contributed by atoms with E-state index in [9.17, 15) is 5.11 Å². The molecule has 0 bridgehead atoms. The Hall–Kier alpha value is -1.61. The predicted molar refractivity (Wildman–Crippen MR) is 80.9 cm³/mol. The molecular weight excluding hydrogens is 254 g/mol. The largest absolute Gasteiger partial charge is 0.507 e. The van der Waals surface area contributed by atoms with Crippen molar-refractivity contribution in [2.75, 3.05) is 10.8 Å². The van der Waals surface area contributed by atoms with E-state index in [1.807, 2.05) is 25.6 Å². The average Bonchev–Trinajstić information content (AvgIpc) is 2.79. The fourth-order valence-electron chi connectivity index (χ4n) is 2.55. The van der Waals surface area contributed by atoms with Crippen molar-refractivity contribution >= 4 is 17.4 Å². The lowest BCUT2D eigenvalue weighted by Gasteiger charge is -2.19. The maximum Gasteiger partial charge on any atom is 0.121 e. The molecule has 2 aromatic rings. The van der Waals surface area contributed by atoms with Gasteiger partial charge in [-0.3, -0.25) is 0 Å². The highest BCUT2D eigenvalue weighted by molar-refractivity contribution is 7.99. The summed E-state index contributed by atoms with van der Waals surface area (Å²) in [6.07, 6.45) is 0. The summed E-state index contributed by atoms with van der Waals surface area (Å²) in [5, 5.41) is 9.83. The minimum Gasteiger partial charge on any atom is -0.507 e. The zero-order valence-corrected chi connectivity index (χ0v) is 12.0. The molecule has 0 saturated heterocycles. The van der Waals surface area contributed by atoms with E-state index < -0.39 is 0 Å². The molecule has 3 heteroatoms. The highest BCUT2D eigenvalue weighted by Crippen LogP contribution is 2.39. The molecule has 3 rings (SSSR count). The van der Waals surface area contributed by atoms with Gasteiger partial charge in [0.1, 0.15) is 5.75 Å². The topological polar surface area (TPSA) is 23.5 Å². The standard InChI is InChI=1S/C16H17NOS/c1-11-7-13(8-12(2)16(11)18)9-17-10-19-15-6-4-3-5-14(15)17/h3-8,18H,9-10H2,1-2H3. The van der Waals surface area contributed by atoms with Crippen LogP contribution in [0, 0.1) is 13.8 Å². The Morgan fingerprint density at radius 2 is 1.84 bits per heavy atom. The van der Waals surface area contributed by atoms with Gasteiger partial charge in [0.2, 0.25) is 0 Å². The van der Waals surface area contributed by atoms with Crippen LogP contribution in [0.4, 0.5) is 5.69 Å². The molecule has 0 amide bonds. The molecule has 2 aromatic carbocycles. The molecule has 1 aliphatic rings. The third kappa shape index (κ3) is 2.30. The van der Waals surface area contributed by atoms with Crippen LogP contribution in [0.25, 0.3) is 0 Å². The Kier molecular flexibility index (Phi) is 3.15. The number of benzene rings is 2. The van der Waals surface area contributed by atoms with E-state index >= 15 is 0 Å². The van der Waals surface area contributed by atoms with Crippen molar-refractivity contribution < 1.29 is 5.11 Å². The SMILES string of the molecule is Cc1cc(CN2CSc3ccccc32)cc(C)c1O. The number of hydrogen-bond donors (Lipinski definition) is 1. The average molecular weight is 271 g/mol. The number of thioether (sulfide) groups is 1. The lowest BCUT2D eigenvalue weighted by molar-refractivity contribution is 0.466. The molecule has 0 fully saturated rings. The normalized spacial score (nSPS) is 13.7. The maximum atomic E-state index is 9.83. The fraction of sp³-hybridized carbons (Fsp3) is 0.250. The van der Waals surface area contributed by atoms with Crippen LogP contribution >= 0.6 is 11.8 Å². The number of para-hydroxylation sites is 1. The molecule has 0 atom stereocenters. The zero-order valence-electron chi connectivity index (χ0n) is 11.2. The third-order valence-electron chi connectivity index (χ3n) is 3.51. The molecule has 2 nitrogen and oxygen atoms in total. The number of phenols is 1. The Labute approximate surface area is 118 Å². The molecule has 0 spiro atoms. The van der Waals surface area contributed by atoms with Gasteiger partial charge in [-0.05, 0) is 42.7 Å². The minimum atomic E-state index is 0.417. The molecule has 0 radical (unpaired) electrons. The summed E-state index contributed by atoms with van der Waals surface area (Å²) >= 11 is 1.88. The van der Waals surface area contributed by atoms with E-state index in [2.05, 4.69) is 41.3 Å². The first kappa shape index (κ1) is 12.4. The van der Waals surface area contributed by atoms with E-state index in [0.29, 0.717) is 5.75 Å². The summed E-state index contributed by atoms with van der Waals surface area (Å²) < 4.78 is 0. The second-order valence-corrected chi connectivity index (χ2v) is 6.00. The number of rotatable bonds is 2. The van der Waals surface area contributed by atoms with Gasteiger partial charge in [0.15, 0.2) is 0 Å². The fourth-order valence-corrected chi connectivity index (χ4v) is 3.59. The molecule has 1 aliphatic heterocycles. The first-order valence-corrected chi connectivity index (χ1v) is 7.39. The van der Waals surface area contributed by atoms with Gasteiger partial charge in [0.25, 0.3) is 0 Å². The van der Waals surface area contributed by atoms with E-state index in [-0.39, 0.29) is 0 Å². The van der Waals surface area contributed by atoms with Gasteiger partial charge in [-0.2, -0.15) is 0 Å². The van der Waals surface area contributed by atoms with Gasteiger partial charge >= 0.3 is 0 Å². The smallest absolute Gasteiger partial charge is 0.121 e. The van der Waals surface area contributed by atoms with Crippen LogP contribution < -0.4 is 4.90 Å². The summed E-state index contributed by atoms with van der Waals surface area (Å²) in [6.45, 7) is 4.81. The Balaban J connectivity index is 1.87. The summed E-state index contributed by atoms with van der Waals surface area (Å²) in [5.74, 6) is 1.41. The number of anilines is 1.